The van der Waals surface area contributed by atoms with Crippen molar-refractivity contribution in [1.82, 2.24) is 19.7 Å². The molecule has 0 unspecified atom stereocenters. The van der Waals surface area contributed by atoms with Gasteiger partial charge >= 0.3 is 0 Å². The fourth-order valence-corrected chi connectivity index (χ4v) is 3.00. The highest BCUT2D eigenvalue weighted by Gasteiger charge is 2.16. The first-order chi connectivity index (χ1) is 9.54. The smallest absolute Gasteiger partial charge is 0.258 e. The zero-order chi connectivity index (χ0) is 14.3. The van der Waals surface area contributed by atoms with Gasteiger partial charge in [-0.3, -0.25) is 9.48 Å². The van der Waals surface area contributed by atoms with Crippen LogP contribution in [-0.2, 0) is 7.05 Å². The predicted octanol–water partition coefficient (Wildman–Crippen LogP) is 2.02. The number of thiophene rings is 1. The molecule has 0 aliphatic heterocycles. The minimum Gasteiger partial charge on any atom is -0.382 e. The van der Waals surface area contributed by atoms with Crippen LogP contribution in [0, 0.1) is 0 Å². The van der Waals surface area contributed by atoms with E-state index in [0.29, 0.717) is 26.2 Å². The van der Waals surface area contributed by atoms with Gasteiger partial charge in [0.25, 0.3) is 5.91 Å². The van der Waals surface area contributed by atoms with Crippen molar-refractivity contribution in [3.8, 4) is 0 Å². The topological polar surface area (TPSA) is 98.7 Å². The number of fused-ring (bicyclic) bond motifs is 1. The Hall–Kier alpha value is -2.00. The average Bonchev–Trinajstić information content (AvgIpc) is 2.93. The number of anilines is 2. The molecule has 0 atom stereocenters. The lowest BCUT2D eigenvalue weighted by Crippen LogP contribution is -2.11. The molecule has 0 aromatic carbocycles. The molecule has 0 saturated heterocycles. The fraction of sp³-hybridized carbons (Fsp3) is 0.0909. The third-order valence-electron chi connectivity index (χ3n) is 2.58. The van der Waals surface area contributed by atoms with Gasteiger partial charge in [0.15, 0.2) is 4.60 Å². The standard InChI is InChI=1S/C11H9BrN6OS/c1-18-3-6(9(12)17-18)15-10(19)5-4-20-11-8(5)16-7(13)2-14-11/h2-4H,1H3,(H2,13,16)(H,15,19). The third-order valence-corrected chi connectivity index (χ3v) is 4.04. The summed E-state index contributed by atoms with van der Waals surface area (Å²) in [7, 11) is 1.77. The SMILES string of the molecule is Cn1cc(NC(=O)c2csc3ncc(N)nc23)c(Br)n1. The number of nitrogens with one attached hydrogen (secondary N) is 1. The van der Waals surface area contributed by atoms with Crippen molar-refractivity contribution in [3.05, 3.63) is 27.9 Å². The van der Waals surface area contributed by atoms with Crippen LogP contribution in [0.1, 0.15) is 10.4 Å². The molecular weight excluding hydrogens is 344 g/mol. The van der Waals surface area contributed by atoms with Crippen molar-refractivity contribution in [2.75, 3.05) is 11.1 Å². The molecule has 0 spiro atoms. The number of halogens is 1. The van der Waals surface area contributed by atoms with Gasteiger partial charge in [0, 0.05) is 18.6 Å². The molecule has 0 radical (unpaired) electrons. The monoisotopic (exact) mass is 352 g/mol. The fourth-order valence-electron chi connectivity index (χ4n) is 1.72. The van der Waals surface area contributed by atoms with Crippen LogP contribution in [0.25, 0.3) is 10.3 Å². The van der Waals surface area contributed by atoms with Crippen molar-refractivity contribution in [2.45, 2.75) is 0 Å². The summed E-state index contributed by atoms with van der Waals surface area (Å²) in [6, 6.07) is 0. The summed E-state index contributed by atoms with van der Waals surface area (Å²) in [5, 5.41) is 8.58. The molecule has 20 heavy (non-hydrogen) atoms. The lowest BCUT2D eigenvalue weighted by atomic mass is 10.3. The average molecular weight is 353 g/mol. The second-order valence-corrected chi connectivity index (χ2v) is 5.67. The van der Waals surface area contributed by atoms with Gasteiger partial charge in [0.05, 0.1) is 17.4 Å². The Morgan fingerprint density at radius 2 is 2.35 bits per heavy atom. The van der Waals surface area contributed by atoms with Crippen molar-refractivity contribution < 1.29 is 4.79 Å². The van der Waals surface area contributed by atoms with E-state index in [2.05, 4.69) is 36.3 Å². The van der Waals surface area contributed by atoms with E-state index in [1.807, 2.05) is 0 Å². The number of nitrogens with two attached hydrogens (primary N) is 1. The van der Waals surface area contributed by atoms with E-state index in [-0.39, 0.29) is 11.7 Å². The summed E-state index contributed by atoms with van der Waals surface area (Å²) in [6.45, 7) is 0. The van der Waals surface area contributed by atoms with Crippen molar-refractivity contribution >= 4 is 55.0 Å². The van der Waals surface area contributed by atoms with Crippen molar-refractivity contribution in [2.24, 2.45) is 7.05 Å². The number of nitrogen functional groups attached to an aromatic ring is 1. The number of rotatable bonds is 2. The number of carbonyl (C=O) groups excluding carboxylic acids is 1. The Morgan fingerprint density at radius 3 is 3.05 bits per heavy atom. The maximum Gasteiger partial charge on any atom is 0.258 e. The Balaban J connectivity index is 1.96. The molecule has 7 nitrogen and oxygen atoms in total. The zero-order valence-electron chi connectivity index (χ0n) is 10.3. The van der Waals surface area contributed by atoms with Gasteiger partial charge in [-0.15, -0.1) is 11.3 Å². The van der Waals surface area contributed by atoms with Crippen molar-refractivity contribution in [1.29, 1.82) is 0 Å². The highest BCUT2D eigenvalue weighted by molar-refractivity contribution is 9.10. The first-order valence-electron chi connectivity index (χ1n) is 5.55. The number of hydrogen-bond donors (Lipinski definition) is 2. The molecule has 3 heterocycles. The van der Waals surface area contributed by atoms with Gasteiger partial charge in [-0.2, -0.15) is 5.10 Å². The predicted molar refractivity (Wildman–Crippen MR) is 80.7 cm³/mol. The third kappa shape index (κ3) is 2.25. The molecule has 3 aromatic heterocycles. The van der Waals surface area contributed by atoms with Crippen molar-refractivity contribution in [3.63, 3.8) is 0 Å². The van der Waals surface area contributed by atoms with Crippen LogP contribution in [0.3, 0.4) is 0 Å². The summed E-state index contributed by atoms with van der Waals surface area (Å²) in [5.41, 5.74) is 7.15. The highest BCUT2D eigenvalue weighted by atomic mass is 79.9. The maximum absolute atomic E-state index is 12.3. The van der Waals surface area contributed by atoms with Crippen LogP contribution in [-0.4, -0.2) is 25.7 Å². The molecule has 0 aliphatic carbocycles. The van der Waals surface area contributed by atoms with Gasteiger partial charge in [-0.25, -0.2) is 9.97 Å². The van der Waals surface area contributed by atoms with Gasteiger partial charge < -0.3 is 11.1 Å². The summed E-state index contributed by atoms with van der Waals surface area (Å²) in [6.07, 6.45) is 3.18. The minimum absolute atomic E-state index is 0.273. The van der Waals surface area contributed by atoms with Gasteiger partial charge in [-0.1, -0.05) is 0 Å². The Labute approximate surface area is 126 Å². The largest absolute Gasteiger partial charge is 0.382 e. The molecule has 1 amide bonds. The maximum atomic E-state index is 12.3. The van der Waals surface area contributed by atoms with Crippen LogP contribution in [0.2, 0.25) is 0 Å². The normalized spacial score (nSPS) is 10.9. The molecule has 9 heteroatoms. The second kappa shape index (κ2) is 4.84. The number of nitrogens with zero attached hydrogens (tertiary/aromatic N) is 4. The highest BCUT2D eigenvalue weighted by Crippen LogP contribution is 2.25. The molecular formula is C11H9BrN6OS. The molecule has 3 rings (SSSR count). The number of amides is 1. The molecule has 3 aromatic rings. The lowest BCUT2D eigenvalue weighted by molar-refractivity contribution is 0.102. The second-order valence-electron chi connectivity index (χ2n) is 4.06. The van der Waals surface area contributed by atoms with E-state index in [4.69, 9.17) is 5.73 Å². The summed E-state index contributed by atoms with van der Waals surface area (Å²) in [5.74, 6) is 0.0114. The van der Waals surface area contributed by atoms with Crippen LogP contribution in [0.15, 0.2) is 22.4 Å². The Bertz CT molecular complexity index is 810. The van der Waals surface area contributed by atoms with E-state index in [1.54, 1.807) is 23.3 Å². The first kappa shape index (κ1) is 13.0. The first-order valence-corrected chi connectivity index (χ1v) is 7.22. The van der Waals surface area contributed by atoms with E-state index in [1.165, 1.54) is 17.5 Å². The molecule has 0 bridgehead atoms. The number of aromatic nitrogens is 4. The van der Waals surface area contributed by atoms with Gasteiger partial charge in [0.2, 0.25) is 0 Å². The van der Waals surface area contributed by atoms with Gasteiger partial charge in [-0.05, 0) is 15.9 Å². The van der Waals surface area contributed by atoms with Crippen LogP contribution < -0.4 is 11.1 Å². The van der Waals surface area contributed by atoms with E-state index in [0.717, 1.165) is 0 Å². The van der Waals surface area contributed by atoms with E-state index >= 15 is 0 Å². The van der Waals surface area contributed by atoms with Gasteiger partial charge in [0.1, 0.15) is 16.2 Å². The van der Waals surface area contributed by atoms with E-state index in [9.17, 15) is 4.79 Å². The van der Waals surface area contributed by atoms with E-state index < -0.39 is 0 Å². The molecule has 0 saturated carbocycles. The summed E-state index contributed by atoms with van der Waals surface area (Å²) >= 11 is 4.63. The molecule has 0 fully saturated rings. The van der Waals surface area contributed by atoms with Crippen LogP contribution in [0.5, 0.6) is 0 Å². The minimum atomic E-state index is -0.273. The van der Waals surface area contributed by atoms with Crippen LogP contribution >= 0.6 is 27.3 Å². The molecule has 0 aliphatic rings. The number of aryl methyl sites for hydroxylation is 1. The Morgan fingerprint density at radius 1 is 1.55 bits per heavy atom. The molecule has 102 valence electrons. The molecule has 3 N–H and O–H groups in total. The summed E-state index contributed by atoms with van der Waals surface area (Å²) in [4.78, 5) is 21.3. The summed E-state index contributed by atoms with van der Waals surface area (Å²) < 4.78 is 2.17. The quantitative estimate of drug-likeness (QED) is 0.734. The van der Waals surface area contributed by atoms with Crippen LogP contribution in [0.4, 0.5) is 11.5 Å². The Kier molecular flexibility index (Phi) is 3.14. The number of hydrogen-bond acceptors (Lipinski definition) is 6. The lowest BCUT2D eigenvalue weighted by Gasteiger charge is -2.01. The number of carbonyl (C=O) groups is 1. The zero-order valence-corrected chi connectivity index (χ0v) is 12.7.